The predicted octanol–water partition coefficient (Wildman–Crippen LogP) is 3.95. The minimum Gasteiger partial charge on any atom is -0.313 e. The largest absolute Gasteiger partial charge is 0.365 e. The number of nitrogens with zero attached hydrogens (tertiary/aromatic N) is 2. The van der Waals surface area contributed by atoms with Crippen molar-refractivity contribution in [1.29, 1.82) is 0 Å². The lowest BCUT2D eigenvalue weighted by Crippen LogP contribution is -2.32. The van der Waals surface area contributed by atoms with Gasteiger partial charge >= 0.3 is 5.97 Å². The molecule has 1 aromatic rings. The molecule has 2 bridgehead atoms. The van der Waals surface area contributed by atoms with Crippen molar-refractivity contribution in [3.63, 3.8) is 0 Å². The summed E-state index contributed by atoms with van der Waals surface area (Å²) in [6, 6.07) is 5.49. The zero-order chi connectivity index (χ0) is 16.8. The summed E-state index contributed by atoms with van der Waals surface area (Å²) in [6.45, 7) is 6.67. The Kier molecular flexibility index (Phi) is 3.50. The summed E-state index contributed by atoms with van der Waals surface area (Å²) < 4.78 is 0. The second kappa shape index (κ2) is 5.15. The molecule has 0 saturated heterocycles. The number of oxime groups is 1. The first kappa shape index (κ1) is 15.6. The average molecular weight is 316 g/mol. The molecule has 1 aromatic carbocycles. The Hall–Kier alpha value is -2.24. The van der Waals surface area contributed by atoms with Gasteiger partial charge in [-0.2, -0.15) is 0 Å². The van der Waals surface area contributed by atoms with Crippen LogP contribution in [0, 0.1) is 26.9 Å². The van der Waals surface area contributed by atoms with Gasteiger partial charge in [0.05, 0.1) is 16.2 Å². The first-order valence-electron chi connectivity index (χ1n) is 7.79. The molecule has 2 atom stereocenters. The third kappa shape index (κ3) is 2.33. The minimum absolute atomic E-state index is 0.0410. The van der Waals surface area contributed by atoms with Crippen LogP contribution in [0.1, 0.15) is 50.4 Å². The predicted molar refractivity (Wildman–Crippen MR) is 85.2 cm³/mol. The lowest BCUT2D eigenvalue weighted by atomic mass is 9.70. The molecule has 2 aliphatic carbocycles. The van der Waals surface area contributed by atoms with Crippen LogP contribution < -0.4 is 0 Å². The zero-order valence-electron chi connectivity index (χ0n) is 13.5. The van der Waals surface area contributed by atoms with Crippen LogP contribution in [0.15, 0.2) is 29.4 Å². The molecule has 3 rings (SSSR count). The number of non-ortho nitro benzene ring substituents is 1. The van der Waals surface area contributed by atoms with Crippen LogP contribution in [-0.4, -0.2) is 16.6 Å². The summed E-state index contributed by atoms with van der Waals surface area (Å²) in [4.78, 5) is 27.4. The Bertz CT molecular complexity index is 710. The van der Waals surface area contributed by atoms with Gasteiger partial charge in [-0.15, -0.1) is 0 Å². The molecule has 2 saturated carbocycles. The van der Waals surface area contributed by atoms with E-state index in [-0.39, 0.29) is 22.1 Å². The van der Waals surface area contributed by atoms with E-state index in [4.69, 9.17) is 4.84 Å². The van der Waals surface area contributed by atoms with Gasteiger partial charge in [-0.05, 0) is 36.7 Å². The summed E-state index contributed by atoms with van der Waals surface area (Å²) in [5.74, 6) is -0.0897. The van der Waals surface area contributed by atoms with Gasteiger partial charge in [0.15, 0.2) is 0 Å². The third-order valence-corrected chi connectivity index (χ3v) is 6.04. The van der Waals surface area contributed by atoms with Crippen LogP contribution in [-0.2, 0) is 4.84 Å². The van der Waals surface area contributed by atoms with Gasteiger partial charge in [0.1, 0.15) is 0 Å². The molecule has 122 valence electrons. The van der Waals surface area contributed by atoms with E-state index in [1.165, 1.54) is 30.7 Å². The topological polar surface area (TPSA) is 81.8 Å². The van der Waals surface area contributed by atoms with E-state index in [2.05, 4.69) is 25.9 Å². The monoisotopic (exact) mass is 316 g/mol. The van der Waals surface area contributed by atoms with E-state index < -0.39 is 10.9 Å². The summed E-state index contributed by atoms with van der Waals surface area (Å²) in [6.07, 6.45) is 3.09. The summed E-state index contributed by atoms with van der Waals surface area (Å²) >= 11 is 0. The molecule has 0 aromatic heterocycles. The zero-order valence-corrected chi connectivity index (χ0v) is 13.5. The molecule has 6 heteroatoms. The average Bonchev–Trinajstić information content (AvgIpc) is 2.85. The van der Waals surface area contributed by atoms with Gasteiger partial charge in [-0.3, -0.25) is 10.1 Å². The van der Waals surface area contributed by atoms with Crippen LogP contribution in [0.25, 0.3) is 0 Å². The first-order valence-corrected chi connectivity index (χ1v) is 7.79. The maximum atomic E-state index is 12.1. The fraction of sp³-hybridized carbons (Fsp3) is 0.529. The first-order chi connectivity index (χ1) is 10.8. The van der Waals surface area contributed by atoms with Crippen molar-refractivity contribution in [3.05, 3.63) is 39.9 Å². The third-order valence-electron chi connectivity index (χ3n) is 6.04. The number of hydrogen-bond acceptors (Lipinski definition) is 5. The highest BCUT2D eigenvalue weighted by molar-refractivity contribution is 5.95. The SMILES string of the molecule is CC12CCC(C/C1=N\OC(=O)c1cccc([N+](=O)[O-])c1)C2(C)C. The van der Waals surface area contributed by atoms with Crippen LogP contribution in [0.3, 0.4) is 0 Å². The molecule has 2 unspecified atom stereocenters. The minimum atomic E-state index is -0.662. The van der Waals surface area contributed by atoms with Crippen LogP contribution in [0.4, 0.5) is 5.69 Å². The Labute approximate surface area is 134 Å². The van der Waals surface area contributed by atoms with Gasteiger partial charge in [-0.25, -0.2) is 4.79 Å². The molecule has 0 spiro atoms. The maximum Gasteiger partial charge on any atom is 0.365 e. The standard InChI is InChI=1S/C17H20N2O4/c1-16(2)12-7-8-17(16,3)14(10-12)18-23-15(20)11-5-4-6-13(9-11)19(21)22/h4-6,9,12H,7-8,10H2,1-3H3/b18-14+. The smallest absolute Gasteiger partial charge is 0.313 e. The van der Waals surface area contributed by atoms with E-state index in [1.54, 1.807) is 0 Å². The summed E-state index contributed by atoms with van der Waals surface area (Å²) in [5.41, 5.74) is 1.04. The van der Waals surface area contributed by atoms with Crippen LogP contribution in [0.2, 0.25) is 0 Å². The fourth-order valence-corrected chi connectivity index (χ4v) is 3.96. The Balaban J connectivity index is 1.78. The van der Waals surface area contributed by atoms with Gasteiger partial charge < -0.3 is 4.84 Å². The summed E-state index contributed by atoms with van der Waals surface area (Å²) in [5, 5.41) is 14.9. The van der Waals surface area contributed by atoms with Gasteiger partial charge in [0.2, 0.25) is 0 Å². The number of hydrogen-bond donors (Lipinski definition) is 0. The van der Waals surface area contributed by atoms with Crippen molar-refractivity contribution in [3.8, 4) is 0 Å². The highest BCUT2D eigenvalue weighted by Gasteiger charge is 2.60. The van der Waals surface area contributed by atoms with Crippen molar-refractivity contribution in [2.75, 3.05) is 0 Å². The van der Waals surface area contributed by atoms with Crippen molar-refractivity contribution >= 4 is 17.4 Å². The molecule has 2 aliphatic rings. The van der Waals surface area contributed by atoms with Crippen molar-refractivity contribution < 1.29 is 14.6 Å². The molecule has 0 aliphatic heterocycles. The van der Waals surface area contributed by atoms with Crippen LogP contribution >= 0.6 is 0 Å². The number of nitro benzene ring substituents is 1. The second-order valence-electron chi connectivity index (χ2n) is 7.22. The van der Waals surface area contributed by atoms with E-state index in [1.807, 2.05) is 0 Å². The van der Waals surface area contributed by atoms with Crippen molar-refractivity contribution in [2.45, 2.75) is 40.0 Å². The van der Waals surface area contributed by atoms with Gasteiger partial charge in [0, 0.05) is 17.5 Å². The molecule has 2 fully saturated rings. The fourth-order valence-electron chi connectivity index (χ4n) is 3.96. The maximum absolute atomic E-state index is 12.1. The second-order valence-corrected chi connectivity index (χ2v) is 7.22. The molecular weight excluding hydrogens is 296 g/mol. The van der Waals surface area contributed by atoms with Crippen molar-refractivity contribution in [2.24, 2.45) is 21.9 Å². The molecule has 23 heavy (non-hydrogen) atoms. The molecule has 6 nitrogen and oxygen atoms in total. The number of fused-ring (bicyclic) bond motifs is 2. The van der Waals surface area contributed by atoms with Crippen LogP contribution in [0.5, 0.6) is 0 Å². The highest BCUT2D eigenvalue weighted by Crippen LogP contribution is 2.63. The van der Waals surface area contributed by atoms with E-state index in [0.29, 0.717) is 5.92 Å². The molecule has 0 radical (unpaired) electrons. The van der Waals surface area contributed by atoms with Gasteiger partial charge in [-0.1, -0.05) is 32.0 Å². The Morgan fingerprint density at radius 3 is 2.70 bits per heavy atom. The van der Waals surface area contributed by atoms with Crippen molar-refractivity contribution in [1.82, 2.24) is 0 Å². The molecular formula is C17H20N2O4. The van der Waals surface area contributed by atoms with E-state index >= 15 is 0 Å². The molecule has 0 heterocycles. The highest BCUT2D eigenvalue weighted by atomic mass is 16.7. The van der Waals surface area contributed by atoms with E-state index in [0.717, 1.165) is 18.6 Å². The summed E-state index contributed by atoms with van der Waals surface area (Å²) in [7, 11) is 0. The normalized spacial score (nSPS) is 29.7. The quantitative estimate of drug-likeness (QED) is 0.480. The number of nitro groups is 1. The molecule has 0 amide bonds. The number of benzene rings is 1. The van der Waals surface area contributed by atoms with Gasteiger partial charge in [0.25, 0.3) is 5.69 Å². The lowest BCUT2D eigenvalue weighted by Gasteiger charge is -2.34. The molecule has 0 N–H and O–H groups in total. The number of carbonyl (C=O) groups is 1. The lowest BCUT2D eigenvalue weighted by molar-refractivity contribution is -0.384. The van der Waals surface area contributed by atoms with E-state index in [9.17, 15) is 14.9 Å². The Morgan fingerprint density at radius 2 is 2.13 bits per heavy atom. The number of carbonyl (C=O) groups excluding carboxylic acids is 1. The number of rotatable bonds is 3. The Morgan fingerprint density at radius 1 is 1.39 bits per heavy atom.